The molecule has 4 nitrogen and oxygen atoms in total. The van der Waals surface area contributed by atoms with E-state index in [9.17, 15) is 10.2 Å². The highest BCUT2D eigenvalue weighted by Gasteiger charge is 2.11. The zero-order valence-electron chi connectivity index (χ0n) is 8.71. The molecule has 0 spiro atoms. The zero-order chi connectivity index (χ0) is 10.3. The number of hydrogen-bond donors (Lipinski definition) is 3. The lowest BCUT2D eigenvalue weighted by atomic mass is 10.1. The van der Waals surface area contributed by atoms with Crippen LogP contribution >= 0.6 is 0 Å². The van der Waals surface area contributed by atoms with Crippen molar-refractivity contribution in [3.8, 4) is 0 Å². The van der Waals surface area contributed by atoms with Crippen molar-refractivity contribution in [2.45, 2.75) is 32.0 Å². The van der Waals surface area contributed by atoms with Crippen molar-refractivity contribution in [1.29, 1.82) is 0 Å². The van der Waals surface area contributed by atoms with Gasteiger partial charge in [-0.25, -0.2) is 0 Å². The molecular weight excluding hydrogens is 170 g/mol. The fraction of sp³-hybridized carbons (Fsp3) is 1.00. The van der Waals surface area contributed by atoms with Gasteiger partial charge in [0.15, 0.2) is 0 Å². The van der Waals surface area contributed by atoms with Crippen LogP contribution in [0.25, 0.3) is 0 Å². The number of aliphatic hydroxyl groups is 2. The zero-order valence-corrected chi connectivity index (χ0v) is 8.71. The number of rotatable bonds is 7. The highest BCUT2D eigenvalue weighted by molar-refractivity contribution is 4.68. The van der Waals surface area contributed by atoms with E-state index in [1.54, 1.807) is 21.0 Å². The minimum Gasteiger partial charge on any atom is -0.391 e. The number of hydrogen-bond acceptors (Lipinski definition) is 4. The van der Waals surface area contributed by atoms with Crippen LogP contribution < -0.4 is 5.32 Å². The molecule has 13 heavy (non-hydrogen) atoms. The lowest BCUT2D eigenvalue weighted by Gasteiger charge is -2.18. The number of ether oxygens (including phenoxy) is 1. The summed E-state index contributed by atoms with van der Waals surface area (Å²) in [6, 6.07) is 0. The van der Waals surface area contributed by atoms with Crippen molar-refractivity contribution in [3.05, 3.63) is 0 Å². The molecule has 0 bridgehead atoms. The number of methoxy groups -OCH3 is 1. The maximum atomic E-state index is 9.34. The van der Waals surface area contributed by atoms with Crippen LogP contribution in [0.3, 0.4) is 0 Å². The second kappa shape index (κ2) is 6.32. The van der Waals surface area contributed by atoms with E-state index < -0.39 is 11.7 Å². The van der Waals surface area contributed by atoms with Gasteiger partial charge < -0.3 is 20.3 Å². The Bertz CT molecular complexity index is 123. The third-order valence-corrected chi connectivity index (χ3v) is 1.57. The van der Waals surface area contributed by atoms with Crippen LogP contribution in [-0.2, 0) is 4.74 Å². The maximum absolute atomic E-state index is 9.34. The molecule has 0 aliphatic rings. The third kappa shape index (κ3) is 9.76. The molecular formula is C9H21NO3. The molecule has 0 aliphatic heterocycles. The average Bonchev–Trinajstić information content (AvgIpc) is 1.97. The molecule has 0 fully saturated rings. The standard InChI is InChI=1S/C9H21NO3/c1-9(2,12)7-10-5-4-8(11)6-13-3/h8,10-12H,4-7H2,1-3H3. The van der Waals surface area contributed by atoms with Gasteiger partial charge >= 0.3 is 0 Å². The van der Waals surface area contributed by atoms with E-state index >= 15 is 0 Å². The Morgan fingerprint density at radius 3 is 2.54 bits per heavy atom. The topological polar surface area (TPSA) is 61.7 Å². The maximum Gasteiger partial charge on any atom is 0.0785 e. The molecule has 1 unspecified atom stereocenters. The number of aliphatic hydroxyl groups excluding tert-OH is 1. The van der Waals surface area contributed by atoms with Crippen molar-refractivity contribution in [3.63, 3.8) is 0 Å². The van der Waals surface area contributed by atoms with Gasteiger partial charge in [0.1, 0.15) is 0 Å². The van der Waals surface area contributed by atoms with Gasteiger partial charge in [-0.15, -0.1) is 0 Å². The third-order valence-electron chi connectivity index (χ3n) is 1.57. The molecule has 0 aromatic carbocycles. The lowest BCUT2D eigenvalue weighted by molar-refractivity contribution is 0.0545. The van der Waals surface area contributed by atoms with Gasteiger partial charge in [0, 0.05) is 13.7 Å². The van der Waals surface area contributed by atoms with E-state index in [-0.39, 0.29) is 0 Å². The summed E-state index contributed by atoms with van der Waals surface area (Å²) in [5, 5.41) is 21.6. The van der Waals surface area contributed by atoms with E-state index in [0.717, 1.165) is 0 Å². The molecule has 0 heterocycles. The first kappa shape index (κ1) is 12.8. The normalized spacial score (nSPS) is 14.5. The van der Waals surface area contributed by atoms with Crippen LogP contribution in [0.15, 0.2) is 0 Å². The summed E-state index contributed by atoms with van der Waals surface area (Å²) in [5.41, 5.74) is -0.688. The van der Waals surface area contributed by atoms with Crippen molar-refractivity contribution < 1.29 is 14.9 Å². The quantitative estimate of drug-likeness (QED) is 0.485. The highest BCUT2D eigenvalue weighted by Crippen LogP contribution is 1.97. The Morgan fingerprint density at radius 2 is 2.08 bits per heavy atom. The molecule has 0 aromatic rings. The summed E-state index contributed by atoms with van der Waals surface area (Å²) in [7, 11) is 1.56. The summed E-state index contributed by atoms with van der Waals surface area (Å²) in [6.07, 6.45) is 0.225. The van der Waals surface area contributed by atoms with Crippen LogP contribution in [-0.4, -0.2) is 48.7 Å². The minimum absolute atomic E-state index is 0.365. The predicted molar refractivity (Wildman–Crippen MR) is 51.7 cm³/mol. The minimum atomic E-state index is -0.688. The molecule has 0 rings (SSSR count). The van der Waals surface area contributed by atoms with Crippen LogP contribution in [0.4, 0.5) is 0 Å². The molecule has 0 aromatic heterocycles. The summed E-state index contributed by atoms with van der Waals surface area (Å²) in [5.74, 6) is 0. The summed E-state index contributed by atoms with van der Waals surface area (Å²) in [6.45, 7) is 5.07. The van der Waals surface area contributed by atoms with Crippen molar-refractivity contribution in [1.82, 2.24) is 5.32 Å². The summed E-state index contributed by atoms with van der Waals surface area (Å²) in [4.78, 5) is 0. The van der Waals surface area contributed by atoms with Crippen LogP contribution in [0.2, 0.25) is 0 Å². The molecule has 1 atom stereocenters. The molecule has 80 valence electrons. The molecule has 0 saturated carbocycles. The average molecular weight is 191 g/mol. The van der Waals surface area contributed by atoms with Crippen LogP contribution in [0, 0.1) is 0 Å². The van der Waals surface area contributed by atoms with E-state index in [1.807, 2.05) is 0 Å². The van der Waals surface area contributed by atoms with Gasteiger partial charge in [-0.3, -0.25) is 0 Å². The molecule has 3 N–H and O–H groups in total. The molecule has 0 saturated heterocycles. The van der Waals surface area contributed by atoms with Gasteiger partial charge in [0.2, 0.25) is 0 Å². The first-order valence-corrected chi connectivity index (χ1v) is 4.56. The van der Waals surface area contributed by atoms with Gasteiger partial charge in [-0.05, 0) is 26.8 Å². The Morgan fingerprint density at radius 1 is 1.46 bits per heavy atom. The van der Waals surface area contributed by atoms with Crippen LogP contribution in [0.5, 0.6) is 0 Å². The molecule has 0 aliphatic carbocycles. The lowest BCUT2D eigenvalue weighted by Crippen LogP contribution is -2.36. The monoisotopic (exact) mass is 191 g/mol. The van der Waals surface area contributed by atoms with Gasteiger partial charge in [-0.2, -0.15) is 0 Å². The Labute approximate surface area is 79.9 Å². The van der Waals surface area contributed by atoms with Gasteiger partial charge in [0.05, 0.1) is 18.3 Å². The van der Waals surface area contributed by atoms with E-state index in [4.69, 9.17) is 4.74 Å². The van der Waals surface area contributed by atoms with E-state index in [1.165, 1.54) is 0 Å². The van der Waals surface area contributed by atoms with Crippen molar-refractivity contribution >= 4 is 0 Å². The van der Waals surface area contributed by atoms with Gasteiger partial charge in [0.25, 0.3) is 0 Å². The van der Waals surface area contributed by atoms with Crippen molar-refractivity contribution in [2.24, 2.45) is 0 Å². The first-order chi connectivity index (χ1) is 5.95. The SMILES string of the molecule is COCC(O)CCNCC(C)(C)O. The summed E-state index contributed by atoms with van der Waals surface area (Å²) >= 11 is 0. The fourth-order valence-corrected chi connectivity index (χ4v) is 0.939. The highest BCUT2D eigenvalue weighted by atomic mass is 16.5. The fourth-order valence-electron chi connectivity index (χ4n) is 0.939. The second-order valence-electron chi connectivity index (χ2n) is 3.89. The summed E-state index contributed by atoms with van der Waals surface area (Å²) < 4.78 is 4.77. The van der Waals surface area contributed by atoms with Gasteiger partial charge in [-0.1, -0.05) is 0 Å². The van der Waals surface area contributed by atoms with Crippen molar-refractivity contribution in [2.75, 3.05) is 26.8 Å². The first-order valence-electron chi connectivity index (χ1n) is 4.56. The van der Waals surface area contributed by atoms with Crippen LogP contribution in [0.1, 0.15) is 20.3 Å². The largest absolute Gasteiger partial charge is 0.391 e. The molecule has 0 radical (unpaired) electrons. The number of nitrogens with one attached hydrogen (secondary N) is 1. The molecule has 4 heteroatoms. The second-order valence-corrected chi connectivity index (χ2v) is 3.89. The van der Waals surface area contributed by atoms with E-state index in [0.29, 0.717) is 26.1 Å². The Kier molecular flexibility index (Phi) is 6.24. The Balaban J connectivity index is 3.25. The van der Waals surface area contributed by atoms with E-state index in [2.05, 4.69) is 5.32 Å². The predicted octanol–water partition coefficient (Wildman–Crippen LogP) is -0.256. The smallest absolute Gasteiger partial charge is 0.0785 e. The molecule has 0 amide bonds. The Hall–Kier alpha value is -0.160.